The Hall–Kier alpha value is -0.120. The highest BCUT2D eigenvalue weighted by atomic mass is 16.2. The molecule has 1 aliphatic rings. The summed E-state index contributed by atoms with van der Waals surface area (Å²) in [6.07, 6.45) is 6.03. The number of aliphatic hydroxyl groups excluding tert-OH is 1. The Bertz CT molecular complexity index is 156. The van der Waals surface area contributed by atoms with Crippen molar-refractivity contribution in [3.05, 3.63) is 0 Å². The van der Waals surface area contributed by atoms with E-state index in [4.69, 9.17) is 5.11 Å². The van der Waals surface area contributed by atoms with Crippen LogP contribution in [0.1, 0.15) is 39.0 Å². The van der Waals surface area contributed by atoms with E-state index in [0.29, 0.717) is 6.61 Å². The fraction of sp³-hybridized carbons (Fsp3) is 1.00. The molecular formula is C13H28N2O. The van der Waals surface area contributed by atoms with Crippen molar-refractivity contribution in [1.29, 1.82) is 0 Å². The number of rotatable bonds is 8. The molecule has 0 amide bonds. The molecule has 1 heterocycles. The van der Waals surface area contributed by atoms with Crippen molar-refractivity contribution in [2.75, 3.05) is 39.3 Å². The SMILES string of the molecule is CCN1CCC(CNCCCCCO)CC1. The van der Waals surface area contributed by atoms with Gasteiger partial charge in [0, 0.05) is 6.61 Å². The molecule has 1 fully saturated rings. The van der Waals surface area contributed by atoms with Crippen LogP contribution in [0.25, 0.3) is 0 Å². The van der Waals surface area contributed by atoms with Gasteiger partial charge >= 0.3 is 0 Å². The fourth-order valence-electron chi connectivity index (χ4n) is 2.35. The molecule has 96 valence electrons. The monoisotopic (exact) mass is 228 g/mol. The van der Waals surface area contributed by atoms with Crippen LogP contribution in [-0.4, -0.2) is 49.3 Å². The summed E-state index contributed by atoms with van der Waals surface area (Å²) in [5.41, 5.74) is 0. The van der Waals surface area contributed by atoms with Crippen LogP contribution in [0, 0.1) is 5.92 Å². The van der Waals surface area contributed by atoms with E-state index in [9.17, 15) is 0 Å². The normalized spacial score (nSPS) is 19.1. The first kappa shape index (κ1) is 13.9. The van der Waals surface area contributed by atoms with Crippen LogP contribution in [0.3, 0.4) is 0 Å². The minimum Gasteiger partial charge on any atom is -0.396 e. The van der Waals surface area contributed by atoms with E-state index >= 15 is 0 Å². The lowest BCUT2D eigenvalue weighted by Gasteiger charge is -2.31. The van der Waals surface area contributed by atoms with E-state index in [1.54, 1.807) is 0 Å². The first-order chi connectivity index (χ1) is 7.86. The molecule has 0 aromatic heterocycles. The Morgan fingerprint density at radius 3 is 2.56 bits per heavy atom. The van der Waals surface area contributed by atoms with Gasteiger partial charge in [-0.05, 0) is 70.7 Å². The van der Waals surface area contributed by atoms with Crippen molar-refractivity contribution in [2.24, 2.45) is 5.92 Å². The van der Waals surface area contributed by atoms with Crippen molar-refractivity contribution in [2.45, 2.75) is 39.0 Å². The quantitative estimate of drug-likeness (QED) is 0.618. The standard InChI is InChI=1S/C13H28N2O/c1-2-15-9-6-13(7-10-15)12-14-8-4-3-5-11-16/h13-14,16H,2-12H2,1H3. The number of likely N-dealkylation sites (tertiary alicyclic amines) is 1. The lowest BCUT2D eigenvalue weighted by molar-refractivity contribution is 0.190. The number of piperidine rings is 1. The predicted octanol–water partition coefficient (Wildman–Crippen LogP) is 1.47. The Labute approximate surface area is 100 Å². The van der Waals surface area contributed by atoms with Gasteiger partial charge in [-0.1, -0.05) is 6.92 Å². The van der Waals surface area contributed by atoms with Crippen molar-refractivity contribution in [3.63, 3.8) is 0 Å². The van der Waals surface area contributed by atoms with Gasteiger partial charge in [-0.3, -0.25) is 0 Å². The van der Waals surface area contributed by atoms with Crippen molar-refractivity contribution >= 4 is 0 Å². The molecule has 1 aliphatic heterocycles. The van der Waals surface area contributed by atoms with Crippen molar-refractivity contribution in [1.82, 2.24) is 10.2 Å². The Morgan fingerprint density at radius 1 is 1.19 bits per heavy atom. The van der Waals surface area contributed by atoms with Gasteiger partial charge in [0.15, 0.2) is 0 Å². The Morgan fingerprint density at radius 2 is 1.94 bits per heavy atom. The summed E-state index contributed by atoms with van der Waals surface area (Å²) in [7, 11) is 0. The molecule has 0 saturated carbocycles. The summed E-state index contributed by atoms with van der Waals surface area (Å²) in [4.78, 5) is 2.54. The minimum absolute atomic E-state index is 0.343. The van der Waals surface area contributed by atoms with Gasteiger partial charge in [-0.15, -0.1) is 0 Å². The Kier molecular flexibility index (Phi) is 7.81. The van der Waals surface area contributed by atoms with Crippen LogP contribution in [0.15, 0.2) is 0 Å². The molecule has 0 aliphatic carbocycles. The van der Waals surface area contributed by atoms with Crippen LogP contribution in [0.5, 0.6) is 0 Å². The number of nitrogens with one attached hydrogen (secondary N) is 1. The summed E-state index contributed by atoms with van der Waals surface area (Å²) in [6.45, 7) is 8.68. The number of aliphatic hydroxyl groups is 1. The van der Waals surface area contributed by atoms with Gasteiger partial charge in [0.05, 0.1) is 0 Å². The van der Waals surface area contributed by atoms with Crippen LogP contribution in [-0.2, 0) is 0 Å². The van der Waals surface area contributed by atoms with E-state index in [0.717, 1.165) is 25.3 Å². The second-order valence-electron chi connectivity index (χ2n) is 4.87. The maximum atomic E-state index is 8.65. The van der Waals surface area contributed by atoms with Crippen LogP contribution >= 0.6 is 0 Å². The zero-order valence-corrected chi connectivity index (χ0v) is 10.7. The third-order valence-corrected chi connectivity index (χ3v) is 3.60. The maximum Gasteiger partial charge on any atom is 0.0431 e. The maximum absolute atomic E-state index is 8.65. The number of nitrogens with zero attached hydrogens (tertiary/aromatic N) is 1. The zero-order chi connectivity index (χ0) is 11.6. The molecule has 0 aromatic rings. The lowest BCUT2D eigenvalue weighted by Crippen LogP contribution is -2.37. The highest BCUT2D eigenvalue weighted by molar-refractivity contribution is 4.72. The molecule has 16 heavy (non-hydrogen) atoms. The Balaban J connectivity index is 1.90. The smallest absolute Gasteiger partial charge is 0.0431 e. The van der Waals surface area contributed by atoms with Gasteiger partial charge in [-0.25, -0.2) is 0 Å². The lowest BCUT2D eigenvalue weighted by atomic mass is 9.97. The largest absolute Gasteiger partial charge is 0.396 e. The molecular weight excluding hydrogens is 200 g/mol. The number of hydrogen-bond acceptors (Lipinski definition) is 3. The summed E-state index contributed by atoms with van der Waals surface area (Å²) in [5, 5.41) is 12.2. The summed E-state index contributed by atoms with van der Waals surface area (Å²) < 4.78 is 0. The number of unbranched alkanes of at least 4 members (excludes halogenated alkanes) is 2. The topological polar surface area (TPSA) is 35.5 Å². The van der Waals surface area contributed by atoms with Gasteiger partial charge in [-0.2, -0.15) is 0 Å². The van der Waals surface area contributed by atoms with Gasteiger partial charge in [0.25, 0.3) is 0 Å². The molecule has 3 heteroatoms. The first-order valence-corrected chi connectivity index (χ1v) is 6.90. The predicted molar refractivity (Wildman–Crippen MR) is 68.6 cm³/mol. The third-order valence-electron chi connectivity index (χ3n) is 3.60. The highest BCUT2D eigenvalue weighted by Crippen LogP contribution is 2.15. The molecule has 3 nitrogen and oxygen atoms in total. The molecule has 1 rings (SSSR count). The van der Waals surface area contributed by atoms with Crippen LogP contribution in [0.2, 0.25) is 0 Å². The van der Waals surface area contributed by atoms with Crippen molar-refractivity contribution < 1.29 is 5.11 Å². The van der Waals surface area contributed by atoms with E-state index < -0.39 is 0 Å². The highest BCUT2D eigenvalue weighted by Gasteiger charge is 2.16. The van der Waals surface area contributed by atoms with Crippen LogP contribution in [0.4, 0.5) is 0 Å². The number of hydrogen-bond donors (Lipinski definition) is 2. The second kappa shape index (κ2) is 8.97. The zero-order valence-electron chi connectivity index (χ0n) is 10.7. The molecule has 0 radical (unpaired) electrons. The summed E-state index contributed by atoms with van der Waals surface area (Å²) in [5.74, 6) is 0.889. The van der Waals surface area contributed by atoms with E-state index in [-0.39, 0.29) is 0 Å². The molecule has 0 aromatic carbocycles. The first-order valence-electron chi connectivity index (χ1n) is 6.90. The molecule has 1 saturated heterocycles. The van der Waals surface area contributed by atoms with Gasteiger partial charge in [0.1, 0.15) is 0 Å². The average Bonchev–Trinajstić information content (AvgIpc) is 2.34. The van der Waals surface area contributed by atoms with E-state index in [1.807, 2.05) is 0 Å². The molecule has 2 N–H and O–H groups in total. The average molecular weight is 228 g/mol. The van der Waals surface area contributed by atoms with E-state index in [2.05, 4.69) is 17.1 Å². The molecule has 0 atom stereocenters. The summed E-state index contributed by atoms with van der Waals surface area (Å²) in [6, 6.07) is 0. The van der Waals surface area contributed by atoms with Crippen molar-refractivity contribution in [3.8, 4) is 0 Å². The van der Waals surface area contributed by atoms with E-state index in [1.165, 1.54) is 45.4 Å². The molecule has 0 spiro atoms. The molecule has 0 bridgehead atoms. The van der Waals surface area contributed by atoms with Gasteiger partial charge < -0.3 is 15.3 Å². The second-order valence-corrected chi connectivity index (χ2v) is 4.87. The minimum atomic E-state index is 0.343. The third kappa shape index (κ3) is 5.83. The molecule has 0 unspecified atom stereocenters. The van der Waals surface area contributed by atoms with Gasteiger partial charge in [0.2, 0.25) is 0 Å². The summed E-state index contributed by atoms with van der Waals surface area (Å²) >= 11 is 0. The fourth-order valence-corrected chi connectivity index (χ4v) is 2.35. The van der Waals surface area contributed by atoms with Crippen LogP contribution < -0.4 is 5.32 Å².